The summed E-state index contributed by atoms with van der Waals surface area (Å²) in [5, 5.41) is 6.25. The first kappa shape index (κ1) is 23.2. The average molecular weight is 489 g/mol. The van der Waals surface area contributed by atoms with Crippen LogP contribution >= 0.6 is 11.3 Å². The van der Waals surface area contributed by atoms with Crippen molar-refractivity contribution in [3.63, 3.8) is 0 Å². The van der Waals surface area contributed by atoms with Crippen LogP contribution in [0, 0.1) is 5.92 Å². The van der Waals surface area contributed by atoms with Gasteiger partial charge in [-0.1, -0.05) is 56.3 Å². The lowest BCUT2D eigenvalue weighted by atomic mass is 9.79. The van der Waals surface area contributed by atoms with Gasteiger partial charge in [-0.15, -0.1) is 11.3 Å². The second-order valence-corrected chi connectivity index (χ2v) is 10.5. The molecule has 4 amide bonds. The highest BCUT2D eigenvalue weighted by Crippen LogP contribution is 2.36. The Labute approximate surface area is 208 Å². The molecule has 0 saturated carbocycles. The van der Waals surface area contributed by atoms with E-state index < -0.39 is 11.6 Å². The number of piperidine rings is 1. The van der Waals surface area contributed by atoms with Gasteiger partial charge in [0.2, 0.25) is 0 Å². The minimum absolute atomic E-state index is 0.0161. The molecule has 3 aromatic rings. The van der Waals surface area contributed by atoms with E-state index in [1.54, 1.807) is 35.6 Å². The maximum Gasteiger partial charge on any atom is 0.322 e. The van der Waals surface area contributed by atoms with Gasteiger partial charge >= 0.3 is 6.03 Å². The topological polar surface area (TPSA) is 91.4 Å². The van der Waals surface area contributed by atoms with Crippen molar-refractivity contribution in [2.24, 2.45) is 5.92 Å². The number of thiazole rings is 1. The van der Waals surface area contributed by atoms with E-state index in [4.69, 9.17) is 0 Å². The number of rotatable bonds is 5. The Balaban J connectivity index is 1.24. The number of hydrogen-bond donors (Lipinski definition) is 2. The number of aromatic nitrogens is 1. The Bertz CT molecular complexity index is 1250. The van der Waals surface area contributed by atoms with Gasteiger partial charge in [0, 0.05) is 30.8 Å². The molecule has 35 heavy (non-hydrogen) atoms. The number of benzene rings is 2. The molecule has 1 atom stereocenters. The van der Waals surface area contributed by atoms with Crippen LogP contribution in [0.3, 0.4) is 0 Å². The van der Waals surface area contributed by atoms with Crippen molar-refractivity contribution in [1.82, 2.24) is 20.5 Å². The standard InChI is InChI=1S/C27H28N4O3S/c1-17(2)27(25(33)29-26(34)30-27)21-10-8-20(9-11-21)24(32)31-14-12-19(13-15-31)23-28-16-22(35-23)18-6-4-3-5-7-18/h3-11,16-17,19H,12-15H2,1-2H3,(H2,29,30,33,34). The maximum absolute atomic E-state index is 13.2. The van der Waals surface area contributed by atoms with Gasteiger partial charge in [0.15, 0.2) is 0 Å². The second-order valence-electron chi connectivity index (χ2n) is 9.44. The number of carbonyl (C=O) groups excluding carboxylic acids is 3. The average Bonchev–Trinajstić information content (AvgIpc) is 3.49. The van der Waals surface area contributed by atoms with E-state index in [9.17, 15) is 14.4 Å². The van der Waals surface area contributed by atoms with Gasteiger partial charge in [0.25, 0.3) is 11.8 Å². The van der Waals surface area contributed by atoms with Crippen LogP contribution in [-0.2, 0) is 10.3 Å². The molecule has 0 radical (unpaired) electrons. The van der Waals surface area contributed by atoms with E-state index in [0.29, 0.717) is 30.1 Å². The zero-order valence-corrected chi connectivity index (χ0v) is 20.6. The molecule has 8 heteroatoms. The predicted molar refractivity (Wildman–Crippen MR) is 135 cm³/mol. The van der Waals surface area contributed by atoms with Gasteiger partial charge in [0.1, 0.15) is 5.54 Å². The molecule has 180 valence electrons. The van der Waals surface area contributed by atoms with Crippen LogP contribution in [0.1, 0.15) is 53.5 Å². The van der Waals surface area contributed by atoms with Gasteiger partial charge in [-0.2, -0.15) is 0 Å². The normalized spacial score (nSPS) is 20.7. The van der Waals surface area contributed by atoms with Crippen LogP contribution in [-0.4, -0.2) is 40.8 Å². The Hall–Kier alpha value is -3.52. The van der Waals surface area contributed by atoms with Crippen LogP contribution < -0.4 is 10.6 Å². The molecule has 3 heterocycles. The van der Waals surface area contributed by atoms with Crippen molar-refractivity contribution >= 4 is 29.2 Å². The molecule has 2 aliphatic heterocycles. The van der Waals surface area contributed by atoms with Crippen molar-refractivity contribution in [2.75, 3.05) is 13.1 Å². The number of amides is 4. The molecule has 2 saturated heterocycles. The van der Waals surface area contributed by atoms with Crippen molar-refractivity contribution in [3.8, 4) is 10.4 Å². The third-order valence-corrected chi connectivity index (χ3v) is 8.27. The monoisotopic (exact) mass is 488 g/mol. The summed E-state index contributed by atoms with van der Waals surface area (Å²) in [7, 11) is 0. The zero-order valence-electron chi connectivity index (χ0n) is 19.8. The minimum Gasteiger partial charge on any atom is -0.339 e. The second kappa shape index (κ2) is 9.26. The van der Waals surface area contributed by atoms with Crippen molar-refractivity contribution in [2.45, 2.75) is 38.1 Å². The first-order valence-electron chi connectivity index (χ1n) is 11.9. The van der Waals surface area contributed by atoms with Gasteiger partial charge in [-0.25, -0.2) is 9.78 Å². The molecule has 5 rings (SSSR count). The van der Waals surface area contributed by atoms with Gasteiger partial charge < -0.3 is 10.2 Å². The fourth-order valence-corrected chi connectivity index (χ4v) is 6.10. The van der Waals surface area contributed by atoms with Crippen molar-refractivity contribution in [1.29, 1.82) is 0 Å². The summed E-state index contributed by atoms with van der Waals surface area (Å²) < 4.78 is 0. The number of urea groups is 1. The number of nitrogens with zero attached hydrogens (tertiary/aromatic N) is 2. The van der Waals surface area contributed by atoms with Crippen LogP contribution in [0.15, 0.2) is 60.8 Å². The SMILES string of the molecule is CC(C)C1(c2ccc(C(=O)N3CCC(c4ncc(-c5ccccc5)s4)CC3)cc2)NC(=O)NC1=O. The molecule has 2 aromatic carbocycles. The molecular weight excluding hydrogens is 460 g/mol. The first-order valence-corrected chi connectivity index (χ1v) is 12.7. The first-order chi connectivity index (χ1) is 16.9. The summed E-state index contributed by atoms with van der Waals surface area (Å²) in [5.74, 6) is -0.170. The summed E-state index contributed by atoms with van der Waals surface area (Å²) in [4.78, 5) is 45.3. The highest BCUT2D eigenvalue weighted by Gasteiger charge is 2.50. The van der Waals surface area contributed by atoms with Crippen molar-refractivity contribution in [3.05, 3.63) is 76.9 Å². The lowest BCUT2D eigenvalue weighted by molar-refractivity contribution is -0.125. The summed E-state index contributed by atoms with van der Waals surface area (Å²) in [6, 6.07) is 16.8. The molecular formula is C27H28N4O3S. The molecule has 2 fully saturated rings. The Kier molecular flexibility index (Phi) is 6.15. The quantitative estimate of drug-likeness (QED) is 0.517. The smallest absolute Gasteiger partial charge is 0.322 e. The number of likely N-dealkylation sites (tertiary alicyclic amines) is 1. The van der Waals surface area contributed by atoms with Crippen LogP contribution in [0.2, 0.25) is 0 Å². The molecule has 2 aliphatic rings. The van der Waals surface area contributed by atoms with Crippen LogP contribution in [0.4, 0.5) is 4.79 Å². The number of hydrogen-bond acceptors (Lipinski definition) is 5. The van der Waals surface area contributed by atoms with Crippen LogP contribution in [0.25, 0.3) is 10.4 Å². The van der Waals surface area contributed by atoms with E-state index in [-0.39, 0.29) is 17.7 Å². The summed E-state index contributed by atoms with van der Waals surface area (Å²) in [6.07, 6.45) is 3.72. The van der Waals surface area contributed by atoms with E-state index in [1.807, 2.05) is 43.1 Å². The minimum atomic E-state index is -1.12. The van der Waals surface area contributed by atoms with Crippen LogP contribution in [0.5, 0.6) is 0 Å². The zero-order chi connectivity index (χ0) is 24.6. The fraction of sp³-hybridized carbons (Fsp3) is 0.333. The largest absolute Gasteiger partial charge is 0.339 e. The summed E-state index contributed by atoms with van der Waals surface area (Å²) >= 11 is 1.74. The van der Waals surface area contributed by atoms with E-state index >= 15 is 0 Å². The summed E-state index contributed by atoms with van der Waals surface area (Å²) in [6.45, 7) is 5.14. The highest BCUT2D eigenvalue weighted by molar-refractivity contribution is 7.15. The predicted octanol–water partition coefficient (Wildman–Crippen LogP) is 4.52. The van der Waals surface area contributed by atoms with E-state index in [1.165, 1.54) is 10.4 Å². The molecule has 1 unspecified atom stereocenters. The van der Waals surface area contributed by atoms with Gasteiger partial charge in [-0.05, 0) is 42.0 Å². The Morgan fingerprint density at radius 3 is 2.34 bits per heavy atom. The lowest BCUT2D eigenvalue weighted by Crippen LogP contribution is -2.48. The Morgan fingerprint density at radius 1 is 1.06 bits per heavy atom. The third kappa shape index (κ3) is 4.23. The molecule has 0 aliphatic carbocycles. The molecule has 0 bridgehead atoms. The van der Waals surface area contributed by atoms with E-state index in [2.05, 4.69) is 27.8 Å². The third-order valence-electron chi connectivity index (χ3n) is 7.06. The molecule has 0 spiro atoms. The Morgan fingerprint density at radius 2 is 1.74 bits per heavy atom. The molecule has 2 N–H and O–H groups in total. The fourth-order valence-electron chi connectivity index (χ4n) is 5.01. The maximum atomic E-state index is 13.2. The molecule has 1 aromatic heterocycles. The summed E-state index contributed by atoms with van der Waals surface area (Å²) in [5.41, 5.74) is 1.31. The van der Waals surface area contributed by atoms with Gasteiger partial charge in [-0.3, -0.25) is 14.9 Å². The lowest BCUT2D eigenvalue weighted by Gasteiger charge is -2.32. The van der Waals surface area contributed by atoms with E-state index in [0.717, 1.165) is 17.8 Å². The number of carbonyl (C=O) groups is 3. The highest BCUT2D eigenvalue weighted by atomic mass is 32.1. The van der Waals surface area contributed by atoms with Crippen molar-refractivity contribution < 1.29 is 14.4 Å². The van der Waals surface area contributed by atoms with Gasteiger partial charge in [0.05, 0.1) is 9.88 Å². The number of imide groups is 1. The number of nitrogens with one attached hydrogen (secondary N) is 2. The molecule has 7 nitrogen and oxygen atoms in total.